The van der Waals surface area contributed by atoms with Crippen LogP contribution < -0.4 is 5.73 Å². The van der Waals surface area contributed by atoms with Crippen molar-refractivity contribution in [2.24, 2.45) is 11.7 Å². The molecule has 0 saturated carbocycles. The average molecular weight is 468 g/mol. The Morgan fingerprint density at radius 2 is 0.833 bits per heavy atom. The molecule has 30 heavy (non-hydrogen) atoms. The van der Waals surface area contributed by atoms with Gasteiger partial charge in [-0.05, 0) is 73.3 Å². The molecule has 0 heterocycles. The van der Waals surface area contributed by atoms with Crippen LogP contribution in [0.2, 0.25) is 12.1 Å². The third-order valence-electron chi connectivity index (χ3n) is 4.95. The molecular formula is C21H49NO6Si2. The first-order chi connectivity index (χ1) is 14.5. The maximum Gasteiger partial charge on any atom is 0.500 e. The van der Waals surface area contributed by atoms with E-state index < -0.39 is 17.6 Å². The van der Waals surface area contributed by atoms with Crippen molar-refractivity contribution in [3.05, 3.63) is 0 Å². The molecule has 0 unspecified atom stereocenters. The SMILES string of the molecule is CCO[Si](CCCC(CCN)CCC[Si](OCC)(OCC)OCC)(OCC)OCC. The van der Waals surface area contributed by atoms with Crippen LogP contribution in [0.5, 0.6) is 0 Å². The summed E-state index contributed by atoms with van der Waals surface area (Å²) in [4.78, 5) is 0. The highest BCUT2D eigenvalue weighted by Crippen LogP contribution is 2.27. The number of rotatable bonds is 22. The molecule has 0 aromatic heterocycles. The zero-order valence-electron chi connectivity index (χ0n) is 20.5. The summed E-state index contributed by atoms with van der Waals surface area (Å²) < 4.78 is 35.9. The van der Waals surface area contributed by atoms with Gasteiger partial charge in [-0.2, -0.15) is 0 Å². The molecule has 182 valence electrons. The standard InChI is InChI=1S/C21H49NO6Si2/c1-7-23-29(24-8-2,25-9-3)19-13-15-21(17-18-22)16-14-20-30(26-10-4,27-11-5)28-12-6/h21H,7-20,22H2,1-6H3. The lowest BCUT2D eigenvalue weighted by molar-refractivity contribution is 0.0702. The van der Waals surface area contributed by atoms with Gasteiger partial charge in [0, 0.05) is 51.7 Å². The Morgan fingerprint density at radius 3 is 1.07 bits per heavy atom. The van der Waals surface area contributed by atoms with Crippen LogP contribution in [-0.2, 0) is 26.6 Å². The van der Waals surface area contributed by atoms with Gasteiger partial charge in [-0.1, -0.05) is 12.8 Å². The predicted molar refractivity (Wildman–Crippen MR) is 127 cm³/mol. The average Bonchev–Trinajstić information content (AvgIpc) is 2.69. The van der Waals surface area contributed by atoms with E-state index in [0.717, 1.165) is 44.2 Å². The van der Waals surface area contributed by atoms with Crippen LogP contribution >= 0.6 is 0 Å². The molecule has 0 aliphatic rings. The maximum atomic E-state index is 5.98. The topological polar surface area (TPSA) is 81.4 Å². The third-order valence-corrected chi connectivity index (χ3v) is 11.3. The van der Waals surface area contributed by atoms with Crippen LogP contribution in [0.3, 0.4) is 0 Å². The van der Waals surface area contributed by atoms with Crippen molar-refractivity contribution in [1.29, 1.82) is 0 Å². The van der Waals surface area contributed by atoms with E-state index >= 15 is 0 Å². The number of hydrogen-bond donors (Lipinski definition) is 1. The second-order valence-corrected chi connectivity index (χ2v) is 12.7. The molecule has 9 heteroatoms. The molecule has 0 aromatic rings. The quantitative estimate of drug-likeness (QED) is 0.233. The first kappa shape index (κ1) is 30.2. The summed E-state index contributed by atoms with van der Waals surface area (Å²) in [5, 5.41) is 0. The largest absolute Gasteiger partial charge is 0.500 e. The molecule has 0 saturated heterocycles. The lowest BCUT2D eigenvalue weighted by Crippen LogP contribution is -2.46. The van der Waals surface area contributed by atoms with Crippen molar-refractivity contribution in [2.45, 2.75) is 85.7 Å². The van der Waals surface area contributed by atoms with Gasteiger partial charge in [-0.3, -0.25) is 0 Å². The van der Waals surface area contributed by atoms with Gasteiger partial charge in [-0.25, -0.2) is 0 Å². The molecule has 0 bridgehead atoms. The molecule has 0 aliphatic carbocycles. The molecule has 0 radical (unpaired) electrons. The Bertz CT molecular complexity index is 326. The van der Waals surface area contributed by atoms with E-state index in [4.69, 9.17) is 32.3 Å². The fourth-order valence-electron chi connectivity index (χ4n) is 3.89. The molecule has 0 spiro atoms. The van der Waals surface area contributed by atoms with Crippen LogP contribution in [-0.4, -0.2) is 63.8 Å². The lowest BCUT2D eigenvalue weighted by Gasteiger charge is -2.30. The van der Waals surface area contributed by atoms with Gasteiger partial charge >= 0.3 is 17.6 Å². The van der Waals surface area contributed by atoms with E-state index in [2.05, 4.69) is 0 Å². The van der Waals surface area contributed by atoms with E-state index in [9.17, 15) is 0 Å². The highest BCUT2D eigenvalue weighted by Gasteiger charge is 2.41. The van der Waals surface area contributed by atoms with E-state index in [-0.39, 0.29) is 0 Å². The van der Waals surface area contributed by atoms with Crippen molar-refractivity contribution in [3.63, 3.8) is 0 Å². The van der Waals surface area contributed by atoms with E-state index in [0.29, 0.717) is 52.1 Å². The zero-order valence-corrected chi connectivity index (χ0v) is 22.5. The summed E-state index contributed by atoms with van der Waals surface area (Å²) in [6.07, 6.45) is 5.29. The molecule has 0 aromatic carbocycles. The first-order valence-corrected chi connectivity index (χ1v) is 15.9. The molecule has 0 amide bonds. The zero-order chi connectivity index (χ0) is 22.7. The number of nitrogens with two attached hydrogens (primary N) is 1. The van der Waals surface area contributed by atoms with Gasteiger partial charge < -0.3 is 32.3 Å². The Balaban J connectivity index is 4.77. The van der Waals surface area contributed by atoms with Crippen LogP contribution in [0.25, 0.3) is 0 Å². The van der Waals surface area contributed by atoms with Gasteiger partial charge in [0.2, 0.25) is 0 Å². The van der Waals surface area contributed by atoms with Gasteiger partial charge in [0.1, 0.15) is 0 Å². The summed E-state index contributed by atoms with van der Waals surface area (Å²) in [5.74, 6) is 0.572. The van der Waals surface area contributed by atoms with Gasteiger partial charge in [0.25, 0.3) is 0 Å². The maximum absolute atomic E-state index is 5.98. The van der Waals surface area contributed by atoms with E-state index in [1.165, 1.54) is 0 Å². The van der Waals surface area contributed by atoms with E-state index in [1.807, 2.05) is 41.5 Å². The first-order valence-electron chi connectivity index (χ1n) is 12.0. The molecule has 0 fully saturated rings. The minimum Gasteiger partial charge on any atom is -0.374 e. The predicted octanol–water partition coefficient (Wildman–Crippen LogP) is 4.61. The van der Waals surface area contributed by atoms with Gasteiger partial charge in [0.15, 0.2) is 0 Å². The fourth-order valence-corrected chi connectivity index (χ4v) is 9.16. The van der Waals surface area contributed by atoms with Crippen molar-refractivity contribution < 1.29 is 26.6 Å². The molecule has 0 atom stereocenters. The van der Waals surface area contributed by atoms with Crippen LogP contribution in [0.1, 0.15) is 73.6 Å². The Labute approximate surface area is 188 Å². The monoisotopic (exact) mass is 467 g/mol. The van der Waals surface area contributed by atoms with Gasteiger partial charge in [-0.15, -0.1) is 0 Å². The number of hydrogen-bond acceptors (Lipinski definition) is 7. The third kappa shape index (κ3) is 12.3. The summed E-state index contributed by atoms with van der Waals surface area (Å²) in [5.41, 5.74) is 5.90. The molecule has 0 rings (SSSR count). The van der Waals surface area contributed by atoms with Crippen LogP contribution in [0.4, 0.5) is 0 Å². The smallest absolute Gasteiger partial charge is 0.374 e. The summed E-state index contributed by atoms with van der Waals surface area (Å²) in [7, 11) is -5.13. The van der Waals surface area contributed by atoms with Crippen molar-refractivity contribution >= 4 is 17.6 Å². The van der Waals surface area contributed by atoms with Crippen molar-refractivity contribution in [3.8, 4) is 0 Å². The molecule has 0 aliphatic heterocycles. The van der Waals surface area contributed by atoms with Gasteiger partial charge in [0.05, 0.1) is 0 Å². The summed E-state index contributed by atoms with van der Waals surface area (Å²) >= 11 is 0. The summed E-state index contributed by atoms with van der Waals surface area (Å²) in [6.45, 7) is 16.5. The fraction of sp³-hybridized carbons (Fsp3) is 1.00. The molecule has 2 N–H and O–H groups in total. The highest BCUT2D eigenvalue weighted by atomic mass is 28.4. The summed E-state index contributed by atoms with van der Waals surface area (Å²) in [6, 6.07) is 1.72. The highest BCUT2D eigenvalue weighted by molar-refractivity contribution is 6.61. The lowest BCUT2D eigenvalue weighted by atomic mass is 9.95. The van der Waals surface area contributed by atoms with E-state index in [1.54, 1.807) is 0 Å². The van der Waals surface area contributed by atoms with Crippen LogP contribution in [0.15, 0.2) is 0 Å². The minimum absolute atomic E-state index is 0.572. The minimum atomic E-state index is -2.56. The second kappa shape index (κ2) is 18.7. The molecular weight excluding hydrogens is 418 g/mol. The second-order valence-electron chi connectivity index (χ2n) is 7.19. The van der Waals surface area contributed by atoms with Crippen molar-refractivity contribution in [1.82, 2.24) is 0 Å². The Morgan fingerprint density at radius 1 is 0.533 bits per heavy atom. The molecule has 7 nitrogen and oxygen atoms in total. The Kier molecular flexibility index (Phi) is 18.8. The Hall–Kier alpha value is 0.154. The van der Waals surface area contributed by atoms with Crippen molar-refractivity contribution in [2.75, 3.05) is 46.2 Å². The normalized spacial score (nSPS) is 12.8. The van der Waals surface area contributed by atoms with Crippen LogP contribution in [0, 0.1) is 5.92 Å².